The lowest BCUT2D eigenvalue weighted by atomic mass is 10.2. The van der Waals surface area contributed by atoms with Crippen LogP contribution in [0.1, 0.15) is 18.1 Å². The summed E-state index contributed by atoms with van der Waals surface area (Å²) >= 11 is 0. The summed E-state index contributed by atoms with van der Waals surface area (Å²) in [5.41, 5.74) is 1.04. The first-order chi connectivity index (χ1) is 13.1. The lowest BCUT2D eigenvalue weighted by Gasteiger charge is -2.14. The van der Waals surface area contributed by atoms with Crippen LogP contribution in [-0.4, -0.2) is 37.8 Å². The summed E-state index contributed by atoms with van der Waals surface area (Å²) in [6.07, 6.45) is 1.65. The fourth-order valence-corrected chi connectivity index (χ4v) is 2.26. The number of ether oxygens (including phenoxy) is 2. The predicted molar refractivity (Wildman–Crippen MR) is 115 cm³/mol. The molecule has 6 nitrogen and oxygen atoms in total. The highest BCUT2D eigenvalue weighted by Crippen LogP contribution is 2.14. The van der Waals surface area contributed by atoms with Crippen molar-refractivity contribution in [3.05, 3.63) is 59.3 Å². The zero-order valence-corrected chi connectivity index (χ0v) is 18.2. The Balaban J connectivity index is 0.00000392. The van der Waals surface area contributed by atoms with Crippen molar-refractivity contribution in [1.82, 2.24) is 15.6 Å². The van der Waals surface area contributed by atoms with Crippen LogP contribution in [0.2, 0.25) is 0 Å². The molecule has 0 saturated carbocycles. The van der Waals surface area contributed by atoms with Crippen molar-refractivity contribution in [1.29, 1.82) is 0 Å². The van der Waals surface area contributed by atoms with E-state index in [0.29, 0.717) is 38.1 Å². The topological polar surface area (TPSA) is 67.8 Å². The van der Waals surface area contributed by atoms with Crippen LogP contribution in [0.25, 0.3) is 0 Å². The second-order valence-electron chi connectivity index (χ2n) is 5.59. The van der Waals surface area contributed by atoms with Gasteiger partial charge in [0.2, 0.25) is 5.88 Å². The van der Waals surface area contributed by atoms with E-state index in [4.69, 9.17) is 9.47 Å². The van der Waals surface area contributed by atoms with E-state index in [-0.39, 0.29) is 36.1 Å². The molecule has 2 N–H and O–H groups in total. The number of halogens is 3. The summed E-state index contributed by atoms with van der Waals surface area (Å²) < 4.78 is 37.6. The number of hydrogen-bond acceptors (Lipinski definition) is 4. The van der Waals surface area contributed by atoms with E-state index >= 15 is 0 Å². The molecular weight excluding hydrogens is 481 g/mol. The second-order valence-corrected chi connectivity index (χ2v) is 5.59. The molecule has 2 rings (SSSR count). The van der Waals surface area contributed by atoms with E-state index < -0.39 is 11.6 Å². The van der Waals surface area contributed by atoms with E-state index in [2.05, 4.69) is 20.6 Å². The first kappa shape index (κ1) is 24.0. The van der Waals surface area contributed by atoms with Crippen molar-refractivity contribution >= 4 is 29.9 Å². The molecule has 154 valence electrons. The van der Waals surface area contributed by atoms with E-state index in [9.17, 15) is 8.78 Å². The Kier molecular flexibility index (Phi) is 11.3. The molecule has 0 aliphatic rings. The number of guanidine groups is 1. The Morgan fingerprint density at radius 2 is 1.96 bits per heavy atom. The number of nitrogens with zero attached hydrogens (tertiary/aromatic N) is 2. The van der Waals surface area contributed by atoms with Crippen molar-refractivity contribution in [3.8, 4) is 5.88 Å². The van der Waals surface area contributed by atoms with Gasteiger partial charge in [-0.3, -0.25) is 0 Å². The lowest BCUT2D eigenvalue weighted by Crippen LogP contribution is -2.37. The Morgan fingerprint density at radius 1 is 1.14 bits per heavy atom. The summed E-state index contributed by atoms with van der Waals surface area (Å²) in [5, 5.41) is 6.21. The van der Waals surface area contributed by atoms with Gasteiger partial charge < -0.3 is 20.1 Å². The van der Waals surface area contributed by atoms with Crippen molar-refractivity contribution in [2.45, 2.75) is 20.0 Å². The van der Waals surface area contributed by atoms with Gasteiger partial charge in [0, 0.05) is 37.5 Å². The number of benzene rings is 1. The fraction of sp³-hybridized carbons (Fsp3) is 0.368. The molecule has 0 aliphatic heterocycles. The van der Waals surface area contributed by atoms with Gasteiger partial charge >= 0.3 is 0 Å². The molecular formula is C19H25F2IN4O2. The largest absolute Gasteiger partial charge is 0.475 e. The SMILES string of the molecule is CCNC(=NCc1cc(F)ccc1F)NCc1cccnc1OCCOC.I. The van der Waals surface area contributed by atoms with Crippen LogP contribution in [0, 0.1) is 11.6 Å². The average molecular weight is 506 g/mol. The Labute approximate surface area is 180 Å². The first-order valence-corrected chi connectivity index (χ1v) is 8.65. The number of hydrogen-bond donors (Lipinski definition) is 2. The van der Waals surface area contributed by atoms with Gasteiger partial charge in [-0.15, -0.1) is 24.0 Å². The van der Waals surface area contributed by atoms with Gasteiger partial charge in [0.05, 0.1) is 13.2 Å². The number of pyridine rings is 1. The van der Waals surface area contributed by atoms with Gasteiger partial charge in [-0.1, -0.05) is 6.07 Å². The smallest absolute Gasteiger partial charge is 0.218 e. The number of aromatic nitrogens is 1. The maximum absolute atomic E-state index is 13.7. The first-order valence-electron chi connectivity index (χ1n) is 8.65. The molecule has 0 saturated heterocycles. The van der Waals surface area contributed by atoms with Gasteiger partial charge in [-0.2, -0.15) is 0 Å². The zero-order chi connectivity index (χ0) is 19.5. The third-order valence-corrected chi connectivity index (χ3v) is 3.58. The van der Waals surface area contributed by atoms with Crippen LogP contribution in [0.3, 0.4) is 0 Å². The van der Waals surface area contributed by atoms with Gasteiger partial charge in [-0.25, -0.2) is 18.8 Å². The van der Waals surface area contributed by atoms with E-state index in [1.807, 2.05) is 19.1 Å². The highest BCUT2D eigenvalue weighted by molar-refractivity contribution is 14.0. The van der Waals surface area contributed by atoms with Crippen molar-refractivity contribution in [2.24, 2.45) is 4.99 Å². The van der Waals surface area contributed by atoms with Crippen LogP contribution in [0.4, 0.5) is 8.78 Å². The fourth-order valence-electron chi connectivity index (χ4n) is 2.26. The standard InChI is InChI=1S/C19H24F2N4O2.HI/c1-3-22-19(25-13-15-11-16(20)6-7-17(15)21)24-12-14-5-4-8-23-18(14)27-10-9-26-2;/h4-8,11H,3,9-10,12-13H2,1-2H3,(H2,22,24,25);1H. The quantitative estimate of drug-likeness (QED) is 0.237. The summed E-state index contributed by atoms with van der Waals surface area (Å²) in [7, 11) is 1.60. The van der Waals surface area contributed by atoms with E-state index in [1.54, 1.807) is 13.3 Å². The van der Waals surface area contributed by atoms with Gasteiger partial charge in [0.1, 0.15) is 18.2 Å². The normalized spacial score (nSPS) is 10.9. The second kappa shape index (κ2) is 13.2. The number of rotatable bonds is 9. The summed E-state index contributed by atoms with van der Waals surface area (Å²) in [6, 6.07) is 7.02. The molecule has 0 unspecified atom stereocenters. The van der Waals surface area contributed by atoms with Crippen LogP contribution >= 0.6 is 24.0 Å². The molecule has 0 fully saturated rings. The highest BCUT2D eigenvalue weighted by atomic mass is 127. The maximum Gasteiger partial charge on any atom is 0.218 e. The highest BCUT2D eigenvalue weighted by Gasteiger charge is 2.07. The Hall–Kier alpha value is -2.01. The zero-order valence-electron chi connectivity index (χ0n) is 15.9. The van der Waals surface area contributed by atoms with E-state index in [0.717, 1.165) is 23.8 Å². The summed E-state index contributed by atoms with van der Waals surface area (Å²) in [4.78, 5) is 8.53. The van der Waals surface area contributed by atoms with Crippen LogP contribution in [-0.2, 0) is 17.8 Å². The monoisotopic (exact) mass is 506 g/mol. The maximum atomic E-state index is 13.7. The lowest BCUT2D eigenvalue weighted by molar-refractivity contribution is 0.143. The van der Waals surface area contributed by atoms with E-state index in [1.165, 1.54) is 0 Å². The minimum atomic E-state index is -0.493. The van der Waals surface area contributed by atoms with Gasteiger partial charge in [0.25, 0.3) is 0 Å². The molecule has 1 heterocycles. The van der Waals surface area contributed by atoms with Crippen molar-refractivity contribution in [2.75, 3.05) is 26.9 Å². The molecule has 0 spiro atoms. The predicted octanol–water partition coefficient (Wildman–Crippen LogP) is 3.26. The molecule has 28 heavy (non-hydrogen) atoms. The molecule has 0 bridgehead atoms. The third-order valence-electron chi connectivity index (χ3n) is 3.58. The minimum Gasteiger partial charge on any atom is -0.475 e. The molecule has 0 amide bonds. The molecule has 0 aliphatic carbocycles. The van der Waals surface area contributed by atoms with Gasteiger partial charge in [0.15, 0.2) is 5.96 Å². The van der Waals surface area contributed by atoms with Gasteiger partial charge in [-0.05, 0) is 31.2 Å². The molecule has 0 radical (unpaired) electrons. The molecule has 0 atom stereocenters. The average Bonchev–Trinajstić information content (AvgIpc) is 2.67. The third kappa shape index (κ3) is 7.93. The van der Waals surface area contributed by atoms with Crippen LogP contribution in [0.15, 0.2) is 41.5 Å². The number of aliphatic imine (C=N–C) groups is 1. The van der Waals surface area contributed by atoms with Crippen molar-refractivity contribution in [3.63, 3.8) is 0 Å². The van der Waals surface area contributed by atoms with Crippen molar-refractivity contribution < 1.29 is 18.3 Å². The molecule has 2 aromatic rings. The summed E-state index contributed by atoms with van der Waals surface area (Å²) in [5.74, 6) is 0.00628. The van der Waals surface area contributed by atoms with Crippen LogP contribution in [0.5, 0.6) is 5.88 Å². The molecule has 1 aromatic carbocycles. The number of methoxy groups -OCH3 is 1. The molecule has 1 aromatic heterocycles. The minimum absolute atomic E-state index is 0. The summed E-state index contributed by atoms with van der Waals surface area (Å²) in [6.45, 7) is 3.84. The number of nitrogens with one attached hydrogen (secondary N) is 2. The molecule has 9 heteroatoms. The Bertz CT molecular complexity index is 762. The van der Waals surface area contributed by atoms with Crippen LogP contribution < -0.4 is 15.4 Å². The Morgan fingerprint density at radius 3 is 2.71 bits per heavy atom.